The van der Waals surface area contributed by atoms with Crippen molar-refractivity contribution in [2.24, 2.45) is 0 Å². The lowest BCUT2D eigenvalue weighted by molar-refractivity contribution is 0.513. The molecule has 0 spiro atoms. The van der Waals surface area contributed by atoms with E-state index in [-0.39, 0.29) is 0 Å². The van der Waals surface area contributed by atoms with Crippen molar-refractivity contribution in [1.29, 1.82) is 0 Å². The molecule has 1 heterocycles. The Morgan fingerprint density at radius 3 is 2.88 bits per heavy atom. The molecule has 1 aromatic heterocycles. The molecular weight excluding hydrogens is 200 g/mol. The Hall–Kier alpha value is -1.90. The third-order valence-corrected chi connectivity index (χ3v) is 2.56. The molecular formula is C13H16N2O. The van der Waals surface area contributed by atoms with Gasteiger partial charge in [0.25, 0.3) is 0 Å². The van der Waals surface area contributed by atoms with E-state index in [1.807, 2.05) is 37.3 Å². The second kappa shape index (κ2) is 4.75. The van der Waals surface area contributed by atoms with Crippen LogP contribution in [-0.4, -0.2) is 6.54 Å². The topological polar surface area (TPSA) is 51.2 Å². The Morgan fingerprint density at radius 2 is 2.19 bits per heavy atom. The lowest BCUT2D eigenvalue weighted by Gasteiger charge is -2.07. The van der Waals surface area contributed by atoms with Crippen LogP contribution in [0.5, 0.6) is 0 Å². The molecule has 0 bridgehead atoms. The van der Waals surface area contributed by atoms with E-state index in [1.165, 1.54) is 0 Å². The molecule has 0 saturated heterocycles. The summed E-state index contributed by atoms with van der Waals surface area (Å²) in [4.78, 5) is 0. The van der Waals surface area contributed by atoms with E-state index in [9.17, 15) is 0 Å². The lowest BCUT2D eigenvalue weighted by Crippen LogP contribution is -2.04. The molecule has 1 aromatic carbocycles. The van der Waals surface area contributed by atoms with Gasteiger partial charge in [-0.1, -0.05) is 6.07 Å². The monoisotopic (exact) mass is 216 g/mol. The minimum atomic E-state index is 0.822. The van der Waals surface area contributed by atoms with Crippen LogP contribution in [0.4, 0.5) is 11.4 Å². The number of furan rings is 1. The highest BCUT2D eigenvalue weighted by atomic mass is 16.3. The van der Waals surface area contributed by atoms with Crippen molar-refractivity contribution in [2.45, 2.75) is 13.3 Å². The maximum absolute atomic E-state index is 5.83. The average Bonchev–Trinajstić information content (AvgIpc) is 2.76. The highest BCUT2D eigenvalue weighted by molar-refractivity contribution is 5.58. The zero-order chi connectivity index (χ0) is 11.4. The molecule has 0 atom stereocenters. The number of benzene rings is 1. The summed E-state index contributed by atoms with van der Waals surface area (Å²) in [6, 6.07) is 9.89. The smallest absolute Gasteiger partial charge is 0.105 e. The zero-order valence-electron chi connectivity index (χ0n) is 9.36. The molecule has 0 aliphatic rings. The van der Waals surface area contributed by atoms with Gasteiger partial charge in [0.05, 0.1) is 6.26 Å². The number of hydrogen-bond acceptors (Lipinski definition) is 3. The number of aryl methyl sites for hydroxylation is 1. The van der Waals surface area contributed by atoms with Gasteiger partial charge in [-0.05, 0) is 36.8 Å². The van der Waals surface area contributed by atoms with Gasteiger partial charge in [0.1, 0.15) is 5.76 Å². The van der Waals surface area contributed by atoms with Gasteiger partial charge in [-0.15, -0.1) is 0 Å². The third kappa shape index (κ3) is 2.57. The molecule has 0 aliphatic carbocycles. The number of nitrogens with two attached hydrogens (primary N) is 1. The van der Waals surface area contributed by atoms with Crippen LogP contribution in [-0.2, 0) is 6.42 Å². The fourth-order valence-corrected chi connectivity index (χ4v) is 1.54. The number of anilines is 2. The third-order valence-electron chi connectivity index (χ3n) is 2.56. The molecule has 16 heavy (non-hydrogen) atoms. The van der Waals surface area contributed by atoms with Gasteiger partial charge in [0.2, 0.25) is 0 Å². The number of nitrogen functional groups attached to an aromatic ring is 1. The van der Waals surface area contributed by atoms with Crippen molar-refractivity contribution >= 4 is 11.4 Å². The van der Waals surface area contributed by atoms with E-state index >= 15 is 0 Å². The summed E-state index contributed by atoms with van der Waals surface area (Å²) in [5.74, 6) is 0.993. The molecule has 2 aromatic rings. The van der Waals surface area contributed by atoms with Gasteiger partial charge in [0.15, 0.2) is 0 Å². The van der Waals surface area contributed by atoms with Crippen LogP contribution in [0.2, 0.25) is 0 Å². The van der Waals surface area contributed by atoms with Gasteiger partial charge in [-0.25, -0.2) is 0 Å². The predicted octanol–water partition coefficient (Wildman–Crippen LogP) is 2.82. The van der Waals surface area contributed by atoms with Crippen LogP contribution in [0, 0.1) is 6.92 Å². The van der Waals surface area contributed by atoms with Gasteiger partial charge in [0, 0.05) is 24.3 Å². The SMILES string of the molecule is Cc1ccc(NCCc2ccco2)cc1N. The zero-order valence-corrected chi connectivity index (χ0v) is 9.36. The molecule has 0 amide bonds. The summed E-state index contributed by atoms with van der Waals surface area (Å²) in [7, 11) is 0. The van der Waals surface area contributed by atoms with Crippen molar-refractivity contribution in [3.05, 3.63) is 47.9 Å². The second-order valence-corrected chi connectivity index (χ2v) is 3.83. The Balaban J connectivity index is 1.87. The average molecular weight is 216 g/mol. The van der Waals surface area contributed by atoms with Crippen molar-refractivity contribution in [1.82, 2.24) is 0 Å². The van der Waals surface area contributed by atoms with Crippen molar-refractivity contribution in [3.63, 3.8) is 0 Å². The fraction of sp³-hybridized carbons (Fsp3) is 0.231. The summed E-state index contributed by atoms with van der Waals surface area (Å²) >= 11 is 0. The summed E-state index contributed by atoms with van der Waals surface area (Å²) in [6.45, 7) is 2.85. The first-order valence-electron chi connectivity index (χ1n) is 5.38. The summed E-state index contributed by atoms with van der Waals surface area (Å²) < 4.78 is 5.25. The number of nitrogens with one attached hydrogen (secondary N) is 1. The highest BCUT2D eigenvalue weighted by Crippen LogP contribution is 2.16. The fourth-order valence-electron chi connectivity index (χ4n) is 1.54. The first-order chi connectivity index (χ1) is 7.75. The van der Waals surface area contributed by atoms with Gasteiger partial charge in [-0.2, -0.15) is 0 Å². The van der Waals surface area contributed by atoms with E-state index in [1.54, 1.807) is 6.26 Å². The quantitative estimate of drug-likeness (QED) is 0.773. The summed E-state index contributed by atoms with van der Waals surface area (Å²) in [6.07, 6.45) is 2.57. The van der Waals surface area contributed by atoms with E-state index in [0.29, 0.717) is 0 Å². The first-order valence-corrected chi connectivity index (χ1v) is 5.38. The van der Waals surface area contributed by atoms with Gasteiger partial charge < -0.3 is 15.5 Å². The Labute approximate surface area is 95.3 Å². The molecule has 3 nitrogen and oxygen atoms in total. The largest absolute Gasteiger partial charge is 0.469 e. The minimum Gasteiger partial charge on any atom is -0.469 e. The molecule has 3 heteroatoms. The Morgan fingerprint density at radius 1 is 1.31 bits per heavy atom. The normalized spacial score (nSPS) is 10.3. The van der Waals surface area contributed by atoms with E-state index in [0.717, 1.165) is 35.7 Å². The van der Waals surface area contributed by atoms with E-state index in [2.05, 4.69) is 5.32 Å². The standard InChI is InChI=1S/C13H16N2O/c1-10-4-5-11(9-13(10)14)15-7-6-12-3-2-8-16-12/h2-5,8-9,15H,6-7,14H2,1H3. The number of hydrogen-bond donors (Lipinski definition) is 2. The predicted molar refractivity (Wildman–Crippen MR) is 66.5 cm³/mol. The molecule has 84 valence electrons. The van der Waals surface area contributed by atoms with Crippen molar-refractivity contribution < 1.29 is 4.42 Å². The molecule has 3 N–H and O–H groups in total. The molecule has 0 fully saturated rings. The van der Waals surface area contributed by atoms with Gasteiger partial charge in [-0.3, -0.25) is 0 Å². The van der Waals surface area contributed by atoms with Crippen molar-refractivity contribution in [2.75, 3.05) is 17.6 Å². The van der Waals surface area contributed by atoms with E-state index in [4.69, 9.17) is 10.2 Å². The molecule has 0 radical (unpaired) electrons. The van der Waals surface area contributed by atoms with Crippen LogP contribution in [0.25, 0.3) is 0 Å². The molecule has 0 aliphatic heterocycles. The second-order valence-electron chi connectivity index (χ2n) is 3.83. The minimum absolute atomic E-state index is 0.822. The van der Waals surface area contributed by atoms with Crippen LogP contribution < -0.4 is 11.1 Å². The maximum atomic E-state index is 5.83. The molecule has 2 rings (SSSR count). The molecule has 0 unspecified atom stereocenters. The first kappa shape index (κ1) is 10.6. The Bertz CT molecular complexity index is 449. The Kier molecular flexibility index (Phi) is 3.15. The van der Waals surface area contributed by atoms with Crippen LogP contribution >= 0.6 is 0 Å². The van der Waals surface area contributed by atoms with Crippen LogP contribution in [0.1, 0.15) is 11.3 Å². The lowest BCUT2D eigenvalue weighted by atomic mass is 10.2. The van der Waals surface area contributed by atoms with E-state index < -0.39 is 0 Å². The maximum Gasteiger partial charge on any atom is 0.105 e. The van der Waals surface area contributed by atoms with Gasteiger partial charge >= 0.3 is 0 Å². The summed E-state index contributed by atoms with van der Waals surface area (Å²) in [5.41, 5.74) is 8.81. The van der Waals surface area contributed by atoms with Crippen molar-refractivity contribution in [3.8, 4) is 0 Å². The van der Waals surface area contributed by atoms with Crippen LogP contribution in [0.3, 0.4) is 0 Å². The highest BCUT2D eigenvalue weighted by Gasteiger charge is 1.98. The molecule has 0 saturated carbocycles. The summed E-state index contributed by atoms with van der Waals surface area (Å²) in [5, 5.41) is 3.31. The van der Waals surface area contributed by atoms with Crippen LogP contribution in [0.15, 0.2) is 41.0 Å². The number of rotatable bonds is 4.